The average molecular weight is 329 g/mol. The molecule has 0 saturated carbocycles. The molecule has 0 fully saturated rings. The lowest BCUT2D eigenvalue weighted by molar-refractivity contribution is -0.116. The van der Waals surface area contributed by atoms with Gasteiger partial charge < -0.3 is 0 Å². The molecule has 1 aromatic carbocycles. The fraction of sp³-hybridized carbons (Fsp3) is 0.267. The molecule has 2 aromatic heterocycles. The minimum atomic E-state index is -0.330. The van der Waals surface area contributed by atoms with Gasteiger partial charge in [-0.1, -0.05) is 30.4 Å². The zero-order valence-corrected chi connectivity index (χ0v) is 13.3. The number of carbonyl (C=O) groups is 1. The predicted octanol–water partition coefficient (Wildman–Crippen LogP) is 1.84. The third-order valence-corrected chi connectivity index (χ3v) is 4.12. The van der Waals surface area contributed by atoms with Crippen molar-refractivity contribution in [2.75, 3.05) is 5.32 Å². The molecule has 7 nitrogen and oxygen atoms in total. The van der Waals surface area contributed by atoms with Crippen molar-refractivity contribution in [3.8, 4) is 0 Å². The van der Waals surface area contributed by atoms with Crippen molar-refractivity contribution in [3.63, 3.8) is 0 Å². The molecule has 23 heavy (non-hydrogen) atoms. The molecule has 3 aromatic rings. The van der Waals surface area contributed by atoms with Gasteiger partial charge in [0.25, 0.3) is 5.56 Å². The molecule has 0 saturated heterocycles. The first kappa shape index (κ1) is 15.3. The van der Waals surface area contributed by atoms with Gasteiger partial charge in [-0.3, -0.25) is 19.5 Å². The molecular weight excluding hydrogens is 314 g/mol. The minimum Gasteiger partial charge on any atom is -0.299 e. The van der Waals surface area contributed by atoms with Crippen LogP contribution in [0.3, 0.4) is 0 Å². The second-order valence-electron chi connectivity index (χ2n) is 4.99. The van der Waals surface area contributed by atoms with Gasteiger partial charge in [-0.15, -0.1) is 10.2 Å². The molecule has 0 spiro atoms. The first-order valence-electron chi connectivity index (χ1n) is 7.24. The SMILES string of the molecule is CCCc1nnc(NC(=O)Cn2cnc3ccccc3c2=O)s1. The molecule has 1 amide bonds. The van der Waals surface area contributed by atoms with E-state index in [2.05, 4.69) is 27.4 Å². The number of anilines is 1. The molecule has 8 heteroatoms. The Hall–Kier alpha value is -2.61. The quantitative estimate of drug-likeness (QED) is 0.771. The predicted molar refractivity (Wildman–Crippen MR) is 88.5 cm³/mol. The average Bonchev–Trinajstić information content (AvgIpc) is 2.98. The summed E-state index contributed by atoms with van der Waals surface area (Å²) in [5, 5.41) is 12.4. The van der Waals surface area contributed by atoms with Gasteiger partial charge in [-0.25, -0.2) is 4.98 Å². The Labute approximate surface area is 136 Å². The first-order valence-corrected chi connectivity index (χ1v) is 8.05. The number of aromatic nitrogens is 4. The van der Waals surface area contributed by atoms with E-state index in [1.165, 1.54) is 22.2 Å². The summed E-state index contributed by atoms with van der Waals surface area (Å²) in [4.78, 5) is 28.6. The number of para-hydroxylation sites is 1. The van der Waals surface area contributed by atoms with Crippen LogP contribution in [0, 0.1) is 0 Å². The maximum Gasteiger partial charge on any atom is 0.261 e. The Bertz CT molecular complexity index is 902. The van der Waals surface area contributed by atoms with Crippen LogP contribution >= 0.6 is 11.3 Å². The van der Waals surface area contributed by atoms with Crippen LogP contribution in [-0.2, 0) is 17.8 Å². The summed E-state index contributed by atoms with van der Waals surface area (Å²) in [7, 11) is 0. The summed E-state index contributed by atoms with van der Waals surface area (Å²) in [6.45, 7) is 1.94. The zero-order chi connectivity index (χ0) is 16.2. The van der Waals surface area contributed by atoms with E-state index >= 15 is 0 Å². The van der Waals surface area contributed by atoms with Crippen molar-refractivity contribution < 1.29 is 4.79 Å². The monoisotopic (exact) mass is 329 g/mol. The Morgan fingerprint density at radius 2 is 2.13 bits per heavy atom. The Morgan fingerprint density at radius 3 is 2.96 bits per heavy atom. The number of aryl methyl sites for hydroxylation is 1. The number of nitrogens with zero attached hydrogens (tertiary/aromatic N) is 4. The second-order valence-corrected chi connectivity index (χ2v) is 6.06. The van der Waals surface area contributed by atoms with E-state index in [4.69, 9.17) is 0 Å². The second kappa shape index (κ2) is 6.66. The number of benzene rings is 1. The van der Waals surface area contributed by atoms with Gasteiger partial charge in [-0.05, 0) is 18.6 Å². The van der Waals surface area contributed by atoms with Gasteiger partial charge in [-0.2, -0.15) is 0 Å². The summed E-state index contributed by atoms with van der Waals surface area (Å²) in [6.07, 6.45) is 3.19. The van der Waals surface area contributed by atoms with Gasteiger partial charge in [0.1, 0.15) is 11.6 Å². The highest BCUT2D eigenvalue weighted by Gasteiger charge is 2.10. The molecule has 0 atom stereocenters. The highest BCUT2D eigenvalue weighted by atomic mass is 32.1. The van der Waals surface area contributed by atoms with Crippen LogP contribution in [0.1, 0.15) is 18.4 Å². The minimum absolute atomic E-state index is 0.112. The zero-order valence-electron chi connectivity index (χ0n) is 12.5. The third kappa shape index (κ3) is 3.42. The first-order chi connectivity index (χ1) is 11.2. The molecule has 0 radical (unpaired) electrons. The van der Waals surface area contributed by atoms with Gasteiger partial charge in [0.15, 0.2) is 0 Å². The molecule has 0 unspecified atom stereocenters. The van der Waals surface area contributed by atoms with Crippen LogP contribution in [0.25, 0.3) is 10.9 Å². The molecule has 0 bridgehead atoms. The summed E-state index contributed by atoms with van der Waals surface area (Å²) >= 11 is 1.35. The van der Waals surface area contributed by atoms with E-state index in [-0.39, 0.29) is 18.0 Å². The van der Waals surface area contributed by atoms with Crippen molar-refractivity contribution in [1.82, 2.24) is 19.7 Å². The van der Waals surface area contributed by atoms with Crippen LogP contribution in [-0.4, -0.2) is 25.7 Å². The lowest BCUT2D eigenvalue weighted by atomic mass is 10.2. The third-order valence-electron chi connectivity index (χ3n) is 3.22. The van der Waals surface area contributed by atoms with Crippen LogP contribution in [0.5, 0.6) is 0 Å². The van der Waals surface area contributed by atoms with Crippen molar-refractivity contribution in [3.05, 3.63) is 46.0 Å². The lowest BCUT2D eigenvalue weighted by Crippen LogP contribution is -2.27. The molecule has 1 N–H and O–H groups in total. The summed E-state index contributed by atoms with van der Waals surface area (Å²) in [5.74, 6) is -0.330. The number of rotatable bonds is 5. The molecule has 2 heterocycles. The molecule has 0 aliphatic heterocycles. The van der Waals surface area contributed by atoms with Crippen LogP contribution in [0.4, 0.5) is 5.13 Å². The Kier molecular flexibility index (Phi) is 4.42. The van der Waals surface area contributed by atoms with E-state index in [0.717, 1.165) is 17.8 Å². The number of amides is 1. The molecule has 0 aliphatic rings. The standard InChI is InChI=1S/C15H15N5O2S/c1-2-5-13-18-19-15(23-13)17-12(21)8-20-9-16-11-7-4-3-6-10(11)14(20)22/h3-4,6-7,9H,2,5,8H2,1H3,(H,17,19,21). The maximum absolute atomic E-state index is 12.3. The van der Waals surface area contributed by atoms with Crippen molar-refractivity contribution in [2.24, 2.45) is 0 Å². The molecule has 3 rings (SSSR count). The summed E-state index contributed by atoms with van der Waals surface area (Å²) in [5.41, 5.74) is 0.372. The largest absolute Gasteiger partial charge is 0.299 e. The number of hydrogen-bond donors (Lipinski definition) is 1. The highest BCUT2D eigenvalue weighted by molar-refractivity contribution is 7.15. The van der Waals surface area contributed by atoms with E-state index in [0.29, 0.717) is 16.0 Å². The molecule has 0 aliphatic carbocycles. The number of hydrogen-bond acceptors (Lipinski definition) is 6. The number of nitrogens with one attached hydrogen (secondary N) is 1. The Morgan fingerprint density at radius 1 is 1.30 bits per heavy atom. The van der Waals surface area contributed by atoms with Crippen LogP contribution in [0.2, 0.25) is 0 Å². The van der Waals surface area contributed by atoms with Crippen molar-refractivity contribution in [2.45, 2.75) is 26.3 Å². The fourth-order valence-corrected chi connectivity index (χ4v) is 3.01. The van der Waals surface area contributed by atoms with Crippen molar-refractivity contribution >= 4 is 33.3 Å². The van der Waals surface area contributed by atoms with Gasteiger partial charge >= 0.3 is 0 Å². The number of fused-ring (bicyclic) bond motifs is 1. The topological polar surface area (TPSA) is 89.8 Å². The van der Waals surface area contributed by atoms with Crippen LogP contribution < -0.4 is 10.9 Å². The number of carbonyl (C=O) groups excluding carboxylic acids is 1. The smallest absolute Gasteiger partial charge is 0.261 e. The van der Waals surface area contributed by atoms with Gasteiger partial charge in [0.2, 0.25) is 11.0 Å². The van der Waals surface area contributed by atoms with Gasteiger partial charge in [0.05, 0.1) is 17.2 Å². The van der Waals surface area contributed by atoms with E-state index < -0.39 is 0 Å². The Balaban J connectivity index is 1.74. The van der Waals surface area contributed by atoms with Gasteiger partial charge in [0, 0.05) is 6.42 Å². The van der Waals surface area contributed by atoms with Crippen LogP contribution in [0.15, 0.2) is 35.4 Å². The fourth-order valence-electron chi connectivity index (χ4n) is 2.15. The lowest BCUT2D eigenvalue weighted by Gasteiger charge is -2.05. The molecule has 118 valence electrons. The summed E-state index contributed by atoms with van der Waals surface area (Å²) < 4.78 is 1.28. The maximum atomic E-state index is 12.3. The van der Waals surface area contributed by atoms with E-state index in [1.54, 1.807) is 18.2 Å². The summed E-state index contributed by atoms with van der Waals surface area (Å²) in [6, 6.07) is 7.04. The van der Waals surface area contributed by atoms with E-state index in [1.807, 2.05) is 6.07 Å². The highest BCUT2D eigenvalue weighted by Crippen LogP contribution is 2.16. The normalized spacial score (nSPS) is 10.8. The molecular formula is C15H15N5O2S. The van der Waals surface area contributed by atoms with E-state index in [9.17, 15) is 9.59 Å². The van der Waals surface area contributed by atoms with Crippen molar-refractivity contribution in [1.29, 1.82) is 0 Å².